The Morgan fingerprint density at radius 1 is 1.35 bits per heavy atom. The van der Waals surface area contributed by atoms with Crippen LogP contribution in [0.2, 0.25) is 0 Å². The van der Waals surface area contributed by atoms with Crippen molar-refractivity contribution in [3.8, 4) is 0 Å². The first kappa shape index (κ1) is 12.1. The fraction of sp³-hybridized carbons (Fsp3) is 0.692. The Balaban J connectivity index is 1.85. The number of carboxylic acids is 1. The van der Waals surface area contributed by atoms with Crippen LogP contribution < -0.4 is 0 Å². The van der Waals surface area contributed by atoms with Gasteiger partial charge in [-0.05, 0) is 31.6 Å². The molecule has 0 aromatic carbocycles. The highest BCUT2D eigenvalue weighted by Crippen LogP contribution is 2.23. The highest BCUT2D eigenvalue weighted by molar-refractivity contribution is 5.78. The molecule has 0 bridgehead atoms. The van der Waals surface area contributed by atoms with E-state index in [2.05, 4.69) is 12.2 Å². The third-order valence-electron chi connectivity index (χ3n) is 3.67. The maximum Gasteiger partial charge on any atom is 0.308 e. The summed E-state index contributed by atoms with van der Waals surface area (Å²) in [6.07, 6.45) is 8.40. The minimum absolute atomic E-state index is 0.118. The van der Waals surface area contributed by atoms with Crippen LogP contribution in [0.5, 0.6) is 0 Å². The lowest BCUT2D eigenvalue weighted by Gasteiger charge is -2.31. The summed E-state index contributed by atoms with van der Waals surface area (Å²) >= 11 is 0. The summed E-state index contributed by atoms with van der Waals surface area (Å²) in [4.78, 5) is 24.7. The van der Waals surface area contributed by atoms with Crippen LogP contribution in [-0.2, 0) is 9.59 Å². The van der Waals surface area contributed by atoms with Gasteiger partial charge < -0.3 is 10.0 Å². The molecule has 4 nitrogen and oxygen atoms in total. The number of amides is 1. The third kappa shape index (κ3) is 3.08. The molecule has 1 unspecified atom stereocenters. The Labute approximate surface area is 101 Å². The zero-order chi connectivity index (χ0) is 12.3. The maximum atomic E-state index is 12.0. The van der Waals surface area contributed by atoms with E-state index >= 15 is 0 Å². The molecule has 0 aromatic rings. The standard InChI is InChI=1S/C13H19NO3/c15-12(8-10-4-1-2-5-10)14-7-3-6-11(9-14)13(16)17/h1,4,10-11H,2-3,5-9H2,(H,16,17)/t10?,11-/m0/s1. The molecule has 2 atom stereocenters. The second-order valence-corrected chi connectivity index (χ2v) is 4.99. The molecule has 1 saturated heterocycles. The Morgan fingerprint density at radius 2 is 2.18 bits per heavy atom. The van der Waals surface area contributed by atoms with Crippen LogP contribution in [0.15, 0.2) is 12.2 Å². The Morgan fingerprint density at radius 3 is 2.82 bits per heavy atom. The number of carbonyl (C=O) groups is 2. The molecule has 94 valence electrons. The summed E-state index contributed by atoms with van der Waals surface area (Å²) in [6.45, 7) is 1.11. The number of nitrogens with zero attached hydrogens (tertiary/aromatic N) is 1. The number of piperidine rings is 1. The lowest BCUT2D eigenvalue weighted by Crippen LogP contribution is -2.42. The Kier molecular flexibility index (Phi) is 3.82. The fourth-order valence-electron chi connectivity index (χ4n) is 2.62. The predicted molar refractivity (Wildman–Crippen MR) is 63.4 cm³/mol. The number of rotatable bonds is 3. The highest BCUT2D eigenvalue weighted by atomic mass is 16.4. The van der Waals surface area contributed by atoms with Crippen molar-refractivity contribution in [2.75, 3.05) is 13.1 Å². The molecule has 1 fully saturated rings. The van der Waals surface area contributed by atoms with Crippen LogP contribution in [0.3, 0.4) is 0 Å². The monoisotopic (exact) mass is 237 g/mol. The van der Waals surface area contributed by atoms with Crippen molar-refractivity contribution >= 4 is 11.9 Å². The van der Waals surface area contributed by atoms with Gasteiger partial charge in [0.1, 0.15) is 0 Å². The van der Waals surface area contributed by atoms with Gasteiger partial charge in [0.25, 0.3) is 0 Å². The van der Waals surface area contributed by atoms with Crippen LogP contribution >= 0.6 is 0 Å². The van der Waals surface area contributed by atoms with E-state index in [9.17, 15) is 9.59 Å². The largest absolute Gasteiger partial charge is 0.481 e. The van der Waals surface area contributed by atoms with Gasteiger partial charge in [-0.2, -0.15) is 0 Å². The van der Waals surface area contributed by atoms with E-state index in [1.165, 1.54) is 0 Å². The van der Waals surface area contributed by atoms with Crippen LogP contribution in [0.4, 0.5) is 0 Å². The predicted octanol–water partition coefficient (Wildman–Crippen LogP) is 1.67. The van der Waals surface area contributed by atoms with Crippen molar-refractivity contribution in [1.82, 2.24) is 4.90 Å². The topological polar surface area (TPSA) is 57.6 Å². The van der Waals surface area contributed by atoms with Crippen LogP contribution in [0.1, 0.15) is 32.1 Å². The summed E-state index contributed by atoms with van der Waals surface area (Å²) in [7, 11) is 0. The molecular formula is C13H19NO3. The first-order valence-electron chi connectivity index (χ1n) is 6.34. The number of hydrogen-bond acceptors (Lipinski definition) is 2. The van der Waals surface area contributed by atoms with E-state index in [0.717, 1.165) is 25.8 Å². The molecule has 0 aromatic heterocycles. The van der Waals surface area contributed by atoms with E-state index in [4.69, 9.17) is 5.11 Å². The van der Waals surface area contributed by atoms with Gasteiger partial charge in [-0.15, -0.1) is 0 Å². The average molecular weight is 237 g/mol. The molecule has 0 spiro atoms. The average Bonchev–Trinajstić information content (AvgIpc) is 2.82. The van der Waals surface area contributed by atoms with Gasteiger partial charge in [-0.1, -0.05) is 12.2 Å². The minimum Gasteiger partial charge on any atom is -0.481 e. The van der Waals surface area contributed by atoms with Crippen LogP contribution in [0, 0.1) is 11.8 Å². The summed E-state index contributed by atoms with van der Waals surface area (Å²) in [5, 5.41) is 8.97. The summed E-state index contributed by atoms with van der Waals surface area (Å²) in [6, 6.07) is 0. The van der Waals surface area contributed by atoms with E-state index in [0.29, 0.717) is 25.3 Å². The van der Waals surface area contributed by atoms with Crippen molar-refractivity contribution in [1.29, 1.82) is 0 Å². The smallest absolute Gasteiger partial charge is 0.308 e. The van der Waals surface area contributed by atoms with E-state index < -0.39 is 5.97 Å². The molecule has 1 aliphatic heterocycles. The summed E-state index contributed by atoms with van der Waals surface area (Å²) in [5.41, 5.74) is 0. The number of carbonyl (C=O) groups excluding carboxylic acids is 1. The van der Waals surface area contributed by atoms with E-state index in [1.807, 2.05) is 0 Å². The van der Waals surface area contributed by atoms with Crippen LogP contribution in [0.25, 0.3) is 0 Å². The zero-order valence-electron chi connectivity index (χ0n) is 9.97. The molecule has 2 rings (SSSR count). The second-order valence-electron chi connectivity index (χ2n) is 4.99. The van der Waals surface area contributed by atoms with Crippen molar-refractivity contribution in [3.05, 3.63) is 12.2 Å². The normalized spacial score (nSPS) is 28.4. The van der Waals surface area contributed by atoms with Crippen LogP contribution in [-0.4, -0.2) is 35.0 Å². The lowest BCUT2D eigenvalue weighted by molar-refractivity contribution is -0.145. The number of allylic oxidation sites excluding steroid dienone is 2. The molecule has 0 saturated carbocycles. The molecule has 2 aliphatic rings. The molecule has 1 N–H and O–H groups in total. The number of carboxylic acid groups (broad SMARTS) is 1. The van der Waals surface area contributed by atoms with Gasteiger partial charge >= 0.3 is 5.97 Å². The molecule has 1 amide bonds. The quantitative estimate of drug-likeness (QED) is 0.759. The number of hydrogen-bond donors (Lipinski definition) is 1. The highest BCUT2D eigenvalue weighted by Gasteiger charge is 2.28. The third-order valence-corrected chi connectivity index (χ3v) is 3.67. The van der Waals surface area contributed by atoms with E-state index in [1.54, 1.807) is 4.90 Å². The van der Waals surface area contributed by atoms with Gasteiger partial charge in [0.15, 0.2) is 0 Å². The van der Waals surface area contributed by atoms with E-state index in [-0.39, 0.29) is 11.8 Å². The Bertz CT molecular complexity index is 338. The molecule has 1 aliphatic carbocycles. The molecular weight excluding hydrogens is 218 g/mol. The van der Waals surface area contributed by atoms with Gasteiger partial charge in [0, 0.05) is 19.5 Å². The van der Waals surface area contributed by atoms with Gasteiger partial charge in [0.2, 0.25) is 5.91 Å². The molecule has 0 radical (unpaired) electrons. The SMILES string of the molecule is O=C(O)[C@H]1CCCN(C(=O)CC2C=CCC2)C1. The molecule has 17 heavy (non-hydrogen) atoms. The van der Waals surface area contributed by atoms with Gasteiger partial charge in [-0.3, -0.25) is 9.59 Å². The van der Waals surface area contributed by atoms with Crippen molar-refractivity contribution in [2.45, 2.75) is 32.1 Å². The van der Waals surface area contributed by atoms with Gasteiger partial charge in [-0.25, -0.2) is 0 Å². The number of aliphatic carboxylic acids is 1. The summed E-state index contributed by atoms with van der Waals surface area (Å²) in [5.74, 6) is -0.657. The summed E-state index contributed by atoms with van der Waals surface area (Å²) < 4.78 is 0. The minimum atomic E-state index is -0.775. The first-order valence-corrected chi connectivity index (χ1v) is 6.34. The maximum absolute atomic E-state index is 12.0. The van der Waals surface area contributed by atoms with Crippen molar-refractivity contribution in [3.63, 3.8) is 0 Å². The molecule has 4 heteroatoms. The second kappa shape index (κ2) is 5.34. The van der Waals surface area contributed by atoms with Gasteiger partial charge in [0.05, 0.1) is 5.92 Å². The first-order chi connectivity index (χ1) is 8.16. The molecule has 1 heterocycles. The Hall–Kier alpha value is -1.32. The number of likely N-dealkylation sites (tertiary alicyclic amines) is 1. The van der Waals surface area contributed by atoms with Crippen molar-refractivity contribution in [2.24, 2.45) is 11.8 Å². The zero-order valence-corrected chi connectivity index (χ0v) is 9.97. The lowest BCUT2D eigenvalue weighted by atomic mass is 9.97. The fourth-order valence-corrected chi connectivity index (χ4v) is 2.62. The van der Waals surface area contributed by atoms with Crippen molar-refractivity contribution < 1.29 is 14.7 Å².